The fraction of sp³-hybridized carbons (Fsp3) is 0.133. The van der Waals surface area contributed by atoms with E-state index in [9.17, 15) is 9.50 Å². The van der Waals surface area contributed by atoms with Crippen LogP contribution >= 0.6 is 11.8 Å². The van der Waals surface area contributed by atoms with Crippen LogP contribution in [0.4, 0.5) is 4.39 Å². The molecule has 5 nitrogen and oxygen atoms in total. The molecule has 1 N–H and O–H groups in total. The summed E-state index contributed by atoms with van der Waals surface area (Å²) in [5, 5.41) is 22.3. The van der Waals surface area contributed by atoms with E-state index in [-0.39, 0.29) is 5.82 Å². The largest absolute Gasteiger partial charge is 0.388 e. The number of benzene rings is 2. The summed E-state index contributed by atoms with van der Waals surface area (Å²) in [6.07, 6.45) is -0.716. The van der Waals surface area contributed by atoms with Gasteiger partial charge in [0.15, 0.2) is 0 Å². The number of aliphatic hydroxyl groups is 1. The van der Waals surface area contributed by atoms with Crippen molar-refractivity contribution in [1.82, 2.24) is 20.2 Å². The molecule has 0 radical (unpaired) electrons. The van der Waals surface area contributed by atoms with Crippen molar-refractivity contribution < 1.29 is 9.50 Å². The molecule has 0 aliphatic carbocycles. The Morgan fingerprint density at radius 3 is 2.55 bits per heavy atom. The molecule has 0 aliphatic heterocycles. The quantitative estimate of drug-likeness (QED) is 0.733. The number of aliphatic hydroxyl groups excluding tert-OH is 1. The number of rotatable bonds is 5. The Labute approximate surface area is 130 Å². The summed E-state index contributed by atoms with van der Waals surface area (Å²) in [4.78, 5) is 0. The van der Waals surface area contributed by atoms with E-state index in [0.717, 1.165) is 5.69 Å². The van der Waals surface area contributed by atoms with E-state index in [1.807, 2.05) is 30.3 Å². The van der Waals surface area contributed by atoms with Gasteiger partial charge in [-0.1, -0.05) is 42.1 Å². The van der Waals surface area contributed by atoms with Crippen LogP contribution in [-0.2, 0) is 0 Å². The molecule has 1 aromatic heterocycles. The fourth-order valence-corrected chi connectivity index (χ4v) is 2.79. The molecule has 0 saturated heterocycles. The second-order valence-electron chi connectivity index (χ2n) is 4.59. The molecule has 1 heterocycles. The molecule has 3 rings (SSSR count). The van der Waals surface area contributed by atoms with Crippen molar-refractivity contribution in [2.75, 3.05) is 5.75 Å². The molecule has 0 bridgehead atoms. The monoisotopic (exact) mass is 316 g/mol. The van der Waals surface area contributed by atoms with E-state index in [0.29, 0.717) is 16.5 Å². The summed E-state index contributed by atoms with van der Waals surface area (Å²) in [6.45, 7) is 0. The van der Waals surface area contributed by atoms with Gasteiger partial charge in [-0.25, -0.2) is 4.39 Å². The average molecular weight is 316 g/mol. The molecule has 2 aromatic carbocycles. The second kappa shape index (κ2) is 6.67. The van der Waals surface area contributed by atoms with Gasteiger partial charge in [0.1, 0.15) is 5.82 Å². The minimum absolute atomic E-state index is 0.323. The van der Waals surface area contributed by atoms with Crippen LogP contribution in [0.5, 0.6) is 0 Å². The summed E-state index contributed by atoms with van der Waals surface area (Å²) >= 11 is 1.34. The first-order valence-electron chi connectivity index (χ1n) is 6.64. The minimum Gasteiger partial charge on any atom is -0.388 e. The van der Waals surface area contributed by atoms with Crippen molar-refractivity contribution in [2.24, 2.45) is 0 Å². The van der Waals surface area contributed by atoms with Gasteiger partial charge in [-0.15, -0.1) is 5.10 Å². The SMILES string of the molecule is OC(CSc1nnnn1-c1ccccc1)c1ccc(F)cc1. The number of hydrogen-bond donors (Lipinski definition) is 1. The first kappa shape index (κ1) is 14.7. The number of thioether (sulfide) groups is 1. The highest BCUT2D eigenvalue weighted by molar-refractivity contribution is 7.99. The van der Waals surface area contributed by atoms with Gasteiger partial charge in [-0.05, 0) is 40.3 Å². The third-order valence-electron chi connectivity index (χ3n) is 3.07. The van der Waals surface area contributed by atoms with Crippen LogP contribution in [0.1, 0.15) is 11.7 Å². The molecule has 0 saturated carbocycles. The van der Waals surface area contributed by atoms with Gasteiger partial charge in [-0.2, -0.15) is 4.68 Å². The van der Waals surface area contributed by atoms with Crippen LogP contribution in [-0.4, -0.2) is 31.1 Å². The first-order chi connectivity index (χ1) is 10.7. The maximum atomic E-state index is 12.9. The molecular formula is C15H13FN4OS. The maximum absolute atomic E-state index is 12.9. The Hall–Kier alpha value is -2.25. The molecule has 1 atom stereocenters. The van der Waals surface area contributed by atoms with E-state index in [2.05, 4.69) is 15.5 Å². The summed E-state index contributed by atoms with van der Waals surface area (Å²) in [7, 11) is 0. The third kappa shape index (κ3) is 3.32. The Morgan fingerprint density at radius 1 is 1.09 bits per heavy atom. The molecule has 0 aliphatic rings. The van der Waals surface area contributed by atoms with Crippen molar-refractivity contribution in [3.8, 4) is 5.69 Å². The Morgan fingerprint density at radius 2 is 1.82 bits per heavy atom. The van der Waals surface area contributed by atoms with Gasteiger partial charge >= 0.3 is 0 Å². The molecule has 3 aromatic rings. The van der Waals surface area contributed by atoms with E-state index < -0.39 is 6.10 Å². The van der Waals surface area contributed by atoms with Crippen molar-refractivity contribution in [1.29, 1.82) is 0 Å². The maximum Gasteiger partial charge on any atom is 0.214 e. The number of hydrogen-bond acceptors (Lipinski definition) is 5. The highest BCUT2D eigenvalue weighted by Crippen LogP contribution is 2.24. The number of nitrogens with zero attached hydrogens (tertiary/aromatic N) is 4. The van der Waals surface area contributed by atoms with Gasteiger partial charge in [0.2, 0.25) is 5.16 Å². The predicted octanol–water partition coefficient (Wildman–Crippen LogP) is 2.63. The Balaban J connectivity index is 1.70. The normalized spacial score (nSPS) is 12.3. The van der Waals surface area contributed by atoms with Crippen molar-refractivity contribution >= 4 is 11.8 Å². The molecule has 1 unspecified atom stereocenters. The molecule has 7 heteroatoms. The zero-order valence-corrected chi connectivity index (χ0v) is 12.3. The van der Waals surface area contributed by atoms with Gasteiger partial charge in [0, 0.05) is 5.75 Å². The van der Waals surface area contributed by atoms with Crippen LogP contribution < -0.4 is 0 Å². The van der Waals surface area contributed by atoms with E-state index in [1.165, 1.54) is 23.9 Å². The number of tetrazole rings is 1. The highest BCUT2D eigenvalue weighted by atomic mass is 32.2. The van der Waals surface area contributed by atoms with Crippen LogP contribution in [0, 0.1) is 5.82 Å². The summed E-state index contributed by atoms with van der Waals surface area (Å²) in [5.74, 6) is 0.0513. The molecule has 0 amide bonds. The van der Waals surface area contributed by atoms with Crippen molar-refractivity contribution in [2.45, 2.75) is 11.3 Å². The zero-order chi connectivity index (χ0) is 15.4. The fourth-order valence-electron chi connectivity index (χ4n) is 1.93. The van der Waals surface area contributed by atoms with Gasteiger partial charge in [-0.3, -0.25) is 0 Å². The summed E-state index contributed by atoms with van der Waals surface area (Å²) in [6, 6.07) is 15.3. The molecule has 0 fully saturated rings. The molecule has 112 valence electrons. The van der Waals surface area contributed by atoms with Crippen LogP contribution in [0.25, 0.3) is 5.69 Å². The lowest BCUT2D eigenvalue weighted by Crippen LogP contribution is -2.03. The molecule has 0 spiro atoms. The van der Waals surface area contributed by atoms with E-state index >= 15 is 0 Å². The van der Waals surface area contributed by atoms with Crippen LogP contribution in [0.2, 0.25) is 0 Å². The summed E-state index contributed by atoms with van der Waals surface area (Å²) in [5.41, 5.74) is 1.51. The average Bonchev–Trinajstić information content (AvgIpc) is 3.02. The second-order valence-corrected chi connectivity index (χ2v) is 5.57. The van der Waals surface area contributed by atoms with Crippen LogP contribution in [0.15, 0.2) is 59.8 Å². The summed E-state index contributed by atoms with van der Waals surface area (Å²) < 4.78 is 14.5. The Kier molecular flexibility index (Phi) is 4.45. The van der Waals surface area contributed by atoms with E-state index in [4.69, 9.17) is 0 Å². The molecule has 22 heavy (non-hydrogen) atoms. The van der Waals surface area contributed by atoms with Crippen LogP contribution in [0.3, 0.4) is 0 Å². The topological polar surface area (TPSA) is 63.8 Å². The smallest absolute Gasteiger partial charge is 0.214 e. The zero-order valence-electron chi connectivity index (χ0n) is 11.5. The van der Waals surface area contributed by atoms with Gasteiger partial charge in [0.05, 0.1) is 11.8 Å². The molecular weight excluding hydrogens is 303 g/mol. The van der Waals surface area contributed by atoms with Crippen molar-refractivity contribution in [3.63, 3.8) is 0 Å². The predicted molar refractivity (Wildman–Crippen MR) is 81.2 cm³/mol. The Bertz CT molecular complexity index is 733. The number of halogens is 1. The van der Waals surface area contributed by atoms with Gasteiger partial charge < -0.3 is 5.11 Å². The lowest BCUT2D eigenvalue weighted by atomic mass is 10.1. The third-order valence-corrected chi connectivity index (χ3v) is 4.06. The first-order valence-corrected chi connectivity index (χ1v) is 7.63. The van der Waals surface area contributed by atoms with Crippen molar-refractivity contribution in [3.05, 3.63) is 66.0 Å². The van der Waals surface area contributed by atoms with Gasteiger partial charge in [0.25, 0.3) is 0 Å². The standard InChI is InChI=1S/C15H13FN4OS/c16-12-8-6-11(7-9-12)14(21)10-22-15-17-18-19-20(15)13-4-2-1-3-5-13/h1-9,14,21H,10H2. The number of para-hydroxylation sites is 1. The highest BCUT2D eigenvalue weighted by Gasteiger charge is 2.13. The lowest BCUT2D eigenvalue weighted by Gasteiger charge is -2.10. The minimum atomic E-state index is -0.716. The lowest BCUT2D eigenvalue weighted by molar-refractivity contribution is 0.204. The number of aromatic nitrogens is 4. The van der Waals surface area contributed by atoms with E-state index in [1.54, 1.807) is 16.8 Å².